The molecule has 1 aromatic rings. The molecular weight excluding hydrogens is 220 g/mol. The van der Waals surface area contributed by atoms with Crippen molar-refractivity contribution in [2.75, 3.05) is 0 Å². The van der Waals surface area contributed by atoms with Crippen molar-refractivity contribution in [2.45, 2.75) is 59.8 Å². The van der Waals surface area contributed by atoms with Crippen molar-refractivity contribution in [3.8, 4) is 0 Å². The highest BCUT2D eigenvalue weighted by Crippen LogP contribution is 2.35. The van der Waals surface area contributed by atoms with E-state index in [-0.39, 0.29) is 5.78 Å². The molecule has 1 nitrogen and oxygen atoms in total. The van der Waals surface area contributed by atoms with Gasteiger partial charge in [0.2, 0.25) is 0 Å². The first kappa shape index (κ1) is 13.3. The third-order valence-corrected chi connectivity index (χ3v) is 4.31. The van der Waals surface area contributed by atoms with Crippen molar-refractivity contribution >= 4 is 5.78 Å². The van der Waals surface area contributed by atoms with Gasteiger partial charge < -0.3 is 0 Å². The van der Waals surface area contributed by atoms with Gasteiger partial charge in [-0.2, -0.15) is 0 Å². The second kappa shape index (κ2) is 4.87. The van der Waals surface area contributed by atoms with E-state index >= 15 is 0 Å². The van der Waals surface area contributed by atoms with Gasteiger partial charge in [-0.1, -0.05) is 20.8 Å². The van der Waals surface area contributed by atoms with Gasteiger partial charge in [0.05, 0.1) is 0 Å². The minimum Gasteiger partial charge on any atom is -0.295 e. The molecule has 98 valence electrons. The molecule has 1 aliphatic rings. The van der Waals surface area contributed by atoms with Crippen molar-refractivity contribution in [3.63, 3.8) is 0 Å². The monoisotopic (exact) mass is 244 g/mol. The van der Waals surface area contributed by atoms with E-state index < -0.39 is 0 Å². The molecule has 18 heavy (non-hydrogen) atoms. The Labute approximate surface area is 111 Å². The first-order chi connectivity index (χ1) is 8.41. The van der Waals surface area contributed by atoms with Crippen molar-refractivity contribution in [1.29, 1.82) is 0 Å². The van der Waals surface area contributed by atoms with Crippen LogP contribution in [0.3, 0.4) is 0 Å². The zero-order valence-electron chi connectivity index (χ0n) is 12.3. The molecule has 1 heteroatoms. The molecule has 0 heterocycles. The fraction of sp³-hybridized carbons (Fsp3) is 0.588. The zero-order chi connectivity index (χ0) is 13.4. The normalized spacial score (nSPS) is 18.9. The molecule has 0 fully saturated rings. The van der Waals surface area contributed by atoms with Crippen LogP contribution in [0.1, 0.15) is 72.6 Å². The first-order valence-corrected chi connectivity index (χ1v) is 7.08. The second-order valence-corrected chi connectivity index (χ2v) is 6.15. The number of carbonyl (C=O) groups is 1. The summed E-state index contributed by atoms with van der Waals surface area (Å²) < 4.78 is 0. The summed E-state index contributed by atoms with van der Waals surface area (Å²) in [5.74, 6) is 1.48. The van der Waals surface area contributed by atoms with Crippen LogP contribution in [0.15, 0.2) is 6.07 Å². The summed E-state index contributed by atoms with van der Waals surface area (Å²) in [4.78, 5) is 11.8. The van der Waals surface area contributed by atoms with E-state index in [1.165, 1.54) is 35.1 Å². The summed E-state index contributed by atoms with van der Waals surface area (Å²) in [7, 11) is 0. The minimum absolute atomic E-state index is 0.204. The average molecular weight is 244 g/mol. The Morgan fingerprint density at radius 3 is 2.56 bits per heavy atom. The maximum atomic E-state index is 11.8. The molecule has 1 aromatic carbocycles. The van der Waals surface area contributed by atoms with Gasteiger partial charge >= 0.3 is 0 Å². The molecule has 0 bridgehead atoms. The SMILES string of the molecule is CC(=O)c1cc(C(C)C)c2c(c1C)CCC(C)C2. The van der Waals surface area contributed by atoms with Crippen molar-refractivity contribution in [2.24, 2.45) is 5.92 Å². The predicted molar refractivity (Wildman–Crippen MR) is 76.5 cm³/mol. The quantitative estimate of drug-likeness (QED) is 0.703. The van der Waals surface area contributed by atoms with Crippen LogP contribution < -0.4 is 0 Å². The maximum absolute atomic E-state index is 11.8. The van der Waals surface area contributed by atoms with Gasteiger partial charge in [0, 0.05) is 5.56 Å². The van der Waals surface area contributed by atoms with Crippen molar-refractivity contribution in [1.82, 2.24) is 0 Å². The van der Waals surface area contributed by atoms with Gasteiger partial charge in [-0.25, -0.2) is 0 Å². The number of fused-ring (bicyclic) bond motifs is 1. The lowest BCUT2D eigenvalue weighted by atomic mass is 9.76. The lowest BCUT2D eigenvalue weighted by Crippen LogP contribution is -2.17. The minimum atomic E-state index is 0.204. The Morgan fingerprint density at radius 1 is 1.33 bits per heavy atom. The van der Waals surface area contributed by atoms with E-state index in [0.29, 0.717) is 5.92 Å². The standard InChI is InChI=1S/C17H24O/c1-10(2)15-9-16(13(5)18)12(4)14-7-6-11(3)8-17(14)15/h9-11H,6-8H2,1-5H3. The van der Waals surface area contributed by atoms with Gasteiger partial charge in [0.15, 0.2) is 5.78 Å². The Morgan fingerprint density at radius 2 is 2.00 bits per heavy atom. The van der Waals surface area contributed by atoms with Crippen molar-refractivity contribution < 1.29 is 4.79 Å². The van der Waals surface area contributed by atoms with Crippen molar-refractivity contribution in [3.05, 3.63) is 33.9 Å². The number of hydrogen-bond donors (Lipinski definition) is 0. The van der Waals surface area contributed by atoms with Crippen LogP contribution in [0.25, 0.3) is 0 Å². The number of Topliss-reactive ketones (excluding diaryl/α,β-unsaturated/α-hetero) is 1. The summed E-state index contributed by atoms with van der Waals surface area (Å²) in [5, 5.41) is 0. The first-order valence-electron chi connectivity index (χ1n) is 7.08. The summed E-state index contributed by atoms with van der Waals surface area (Å²) >= 11 is 0. The topological polar surface area (TPSA) is 17.1 Å². The van der Waals surface area contributed by atoms with Gasteiger partial charge in [0.1, 0.15) is 0 Å². The highest BCUT2D eigenvalue weighted by atomic mass is 16.1. The van der Waals surface area contributed by atoms with E-state index in [1.807, 2.05) is 0 Å². The molecule has 1 atom stereocenters. The highest BCUT2D eigenvalue weighted by molar-refractivity contribution is 5.96. The third kappa shape index (κ3) is 2.23. The highest BCUT2D eigenvalue weighted by Gasteiger charge is 2.23. The van der Waals surface area contributed by atoms with E-state index in [2.05, 4.69) is 33.8 Å². The summed E-state index contributed by atoms with van der Waals surface area (Å²) in [6.45, 7) is 10.6. The second-order valence-electron chi connectivity index (χ2n) is 6.15. The summed E-state index contributed by atoms with van der Waals surface area (Å²) in [5.41, 5.74) is 6.56. The fourth-order valence-electron chi connectivity index (χ4n) is 3.22. The number of rotatable bonds is 2. The van der Waals surface area contributed by atoms with Crippen LogP contribution in [0.4, 0.5) is 0 Å². The van der Waals surface area contributed by atoms with Crippen LogP contribution in [-0.4, -0.2) is 5.78 Å². The zero-order valence-corrected chi connectivity index (χ0v) is 12.3. The van der Waals surface area contributed by atoms with Crippen LogP contribution in [0.5, 0.6) is 0 Å². The molecule has 1 unspecified atom stereocenters. The average Bonchev–Trinajstić information content (AvgIpc) is 2.28. The van der Waals surface area contributed by atoms with E-state index in [9.17, 15) is 4.79 Å². The molecule has 0 saturated carbocycles. The summed E-state index contributed by atoms with van der Waals surface area (Å²) in [6, 6.07) is 2.15. The van der Waals surface area contributed by atoms with Crippen LogP contribution in [0, 0.1) is 12.8 Å². The van der Waals surface area contributed by atoms with E-state index in [1.54, 1.807) is 6.92 Å². The summed E-state index contributed by atoms with van der Waals surface area (Å²) in [6.07, 6.45) is 3.58. The van der Waals surface area contributed by atoms with Gasteiger partial charge in [-0.3, -0.25) is 4.79 Å². The largest absolute Gasteiger partial charge is 0.295 e. The van der Waals surface area contributed by atoms with Crippen LogP contribution >= 0.6 is 0 Å². The van der Waals surface area contributed by atoms with Gasteiger partial charge in [0.25, 0.3) is 0 Å². The Balaban J connectivity index is 2.66. The number of carbonyl (C=O) groups excluding carboxylic acids is 1. The molecule has 0 aliphatic heterocycles. The molecule has 0 radical (unpaired) electrons. The molecule has 0 aromatic heterocycles. The molecule has 0 saturated heterocycles. The lowest BCUT2D eigenvalue weighted by molar-refractivity contribution is 0.101. The van der Waals surface area contributed by atoms with E-state index in [4.69, 9.17) is 0 Å². The number of ketones is 1. The van der Waals surface area contributed by atoms with Gasteiger partial charge in [-0.15, -0.1) is 0 Å². The molecule has 1 aliphatic carbocycles. The Hall–Kier alpha value is -1.11. The molecule has 0 amide bonds. The Bertz CT molecular complexity index is 483. The number of hydrogen-bond acceptors (Lipinski definition) is 1. The maximum Gasteiger partial charge on any atom is 0.160 e. The smallest absolute Gasteiger partial charge is 0.160 e. The molecular formula is C17H24O. The van der Waals surface area contributed by atoms with Crippen LogP contribution in [-0.2, 0) is 12.8 Å². The fourth-order valence-corrected chi connectivity index (χ4v) is 3.22. The third-order valence-electron chi connectivity index (χ3n) is 4.31. The van der Waals surface area contributed by atoms with E-state index in [0.717, 1.165) is 17.9 Å². The molecule has 0 spiro atoms. The number of benzene rings is 1. The molecule has 2 rings (SSSR count). The lowest BCUT2D eigenvalue weighted by Gasteiger charge is -2.28. The van der Waals surface area contributed by atoms with Gasteiger partial charge in [-0.05, 0) is 73.3 Å². The molecule has 0 N–H and O–H groups in total. The predicted octanol–water partition coefficient (Wildman–Crippen LogP) is 4.45. The van der Waals surface area contributed by atoms with Crippen LogP contribution in [0.2, 0.25) is 0 Å². The Kier molecular flexibility index (Phi) is 3.61.